The third-order valence-corrected chi connectivity index (χ3v) is 3.67. The van der Waals surface area contributed by atoms with Gasteiger partial charge in [0.05, 0.1) is 12.7 Å². The number of hydrogen-bond donors (Lipinski definition) is 1. The number of methoxy groups -OCH3 is 1. The molecule has 0 aliphatic rings. The largest absolute Gasteiger partial charge is 0.465 e. The molecule has 0 saturated carbocycles. The topological polar surface area (TPSA) is 75.7 Å². The lowest BCUT2D eigenvalue weighted by Gasteiger charge is -2.21. The number of esters is 1. The van der Waals surface area contributed by atoms with Gasteiger partial charge in [0.25, 0.3) is 0 Å². The molecule has 7 heteroatoms. The number of nitrogens with zero attached hydrogens (tertiary/aromatic N) is 1. The minimum atomic E-state index is -0.522. The number of rotatable bonds is 6. The van der Waals surface area contributed by atoms with Gasteiger partial charge in [-0.05, 0) is 24.3 Å². The monoisotopic (exact) mass is 358 g/mol. The standard InChI is InChI=1S/C19H19FN2O4/c1-13(23)22(11-15-6-3-4-9-17(15)20)12-18(24)21-16-8-5-7-14(10-16)19(25)26-2/h3-10H,11-12H2,1-2H3,(H,21,24). The van der Waals surface area contributed by atoms with Crippen LogP contribution in [0.15, 0.2) is 48.5 Å². The van der Waals surface area contributed by atoms with Crippen molar-refractivity contribution in [2.24, 2.45) is 0 Å². The van der Waals surface area contributed by atoms with E-state index in [9.17, 15) is 18.8 Å². The van der Waals surface area contributed by atoms with Crippen molar-refractivity contribution in [3.8, 4) is 0 Å². The molecule has 0 heterocycles. The Morgan fingerprint density at radius 2 is 1.85 bits per heavy atom. The zero-order valence-electron chi connectivity index (χ0n) is 14.5. The third-order valence-electron chi connectivity index (χ3n) is 3.67. The van der Waals surface area contributed by atoms with Crippen LogP contribution in [0.4, 0.5) is 10.1 Å². The Hall–Kier alpha value is -3.22. The molecule has 0 unspecified atom stereocenters. The van der Waals surface area contributed by atoms with Gasteiger partial charge in [0.1, 0.15) is 12.4 Å². The number of carbonyl (C=O) groups excluding carboxylic acids is 3. The average molecular weight is 358 g/mol. The summed E-state index contributed by atoms with van der Waals surface area (Å²) in [5.41, 5.74) is 1.01. The minimum Gasteiger partial charge on any atom is -0.465 e. The van der Waals surface area contributed by atoms with Crippen molar-refractivity contribution >= 4 is 23.5 Å². The van der Waals surface area contributed by atoms with E-state index in [-0.39, 0.29) is 19.0 Å². The summed E-state index contributed by atoms with van der Waals surface area (Å²) in [5.74, 6) is -1.78. The van der Waals surface area contributed by atoms with Crippen molar-refractivity contribution in [2.75, 3.05) is 19.0 Å². The van der Waals surface area contributed by atoms with Gasteiger partial charge in [0, 0.05) is 24.7 Å². The first-order chi connectivity index (χ1) is 12.4. The predicted octanol–water partition coefficient (Wildman–Crippen LogP) is 2.60. The molecular weight excluding hydrogens is 339 g/mol. The van der Waals surface area contributed by atoms with Gasteiger partial charge in [-0.3, -0.25) is 9.59 Å². The number of benzene rings is 2. The molecule has 6 nitrogen and oxygen atoms in total. The van der Waals surface area contributed by atoms with Crippen LogP contribution in [0.25, 0.3) is 0 Å². The maximum atomic E-state index is 13.8. The Labute approximate surface area is 150 Å². The van der Waals surface area contributed by atoms with E-state index in [1.54, 1.807) is 36.4 Å². The Morgan fingerprint density at radius 3 is 2.50 bits per heavy atom. The van der Waals surface area contributed by atoms with Crippen LogP contribution in [0.3, 0.4) is 0 Å². The molecule has 0 fully saturated rings. The van der Waals surface area contributed by atoms with Crippen molar-refractivity contribution < 1.29 is 23.5 Å². The summed E-state index contributed by atoms with van der Waals surface area (Å²) in [7, 11) is 1.26. The van der Waals surface area contributed by atoms with E-state index < -0.39 is 17.7 Å². The number of halogens is 1. The molecule has 2 amide bonds. The van der Waals surface area contributed by atoms with Crippen molar-refractivity contribution in [3.63, 3.8) is 0 Å². The fourth-order valence-corrected chi connectivity index (χ4v) is 2.33. The normalized spacial score (nSPS) is 10.1. The number of amides is 2. The highest BCUT2D eigenvalue weighted by atomic mass is 19.1. The maximum absolute atomic E-state index is 13.8. The zero-order chi connectivity index (χ0) is 19.1. The van der Waals surface area contributed by atoms with Gasteiger partial charge in [0.2, 0.25) is 11.8 Å². The van der Waals surface area contributed by atoms with Crippen LogP contribution in [0, 0.1) is 5.82 Å². The first-order valence-electron chi connectivity index (χ1n) is 7.88. The number of hydrogen-bond acceptors (Lipinski definition) is 4. The lowest BCUT2D eigenvalue weighted by Crippen LogP contribution is -2.36. The molecule has 0 atom stereocenters. The maximum Gasteiger partial charge on any atom is 0.337 e. The van der Waals surface area contributed by atoms with Crippen molar-refractivity contribution in [2.45, 2.75) is 13.5 Å². The second-order valence-electron chi connectivity index (χ2n) is 5.59. The summed E-state index contributed by atoms with van der Waals surface area (Å²) in [6.07, 6.45) is 0. The summed E-state index contributed by atoms with van der Waals surface area (Å²) in [6, 6.07) is 12.3. The molecule has 0 bridgehead atoms. The van der Waals surface area contributed by atoms with Crippen LogP contribution in [0.2, 0.25) is 0 Å². The smallest absolute Gasteiger partial charge is 0.337 e. The zero-order valence-corrected chi connectivity index (χ0v) is 14.5. The molecular formula is C19H19FN2O4. The molecule has 2 rings (SSSR count). The van der Waals surface area contributed by atoms with Crippen molar-refractivity contribution in [3.05, 3.63) is 65.5 Å². The Morgan fingerprint density at radius 1 is 1.12 bits per heavy atom. The number of anilines is 1. The van der Waals surface area contributed by atoms with Crippen molar-refractivity contribution in [1.82, 2.24) is 4.90 Å². The van der Waals surface area contributed by atoms with Crippen LogP contribution in [0.1, 0.15) is 22.8 Å². The summed E-state index contributed by atoms with van der Waals surface area (Å²) in [6.45, 7) is 1.05. The molecule has 2 aromatic carbocycles. The van der Waals surface area contributed by atoms with E-state index in [2.05, 4.69) is 10.1 Å². The van der Waals surface area contributed by atoms with Crippen LogP contribution in [-0.2, 0) is 20.9 Å². The Bertz CT molecular complexity index is 823. The van der Waals surface area contributed by atoms with Gasteiger partial charge < -0.3 is 15.0 Å². The van der Waals surface area contributed by atoms with Crippen LogP contribution < -0.4 is 5.32 Å². The SMILES string of the molecule is COC(=O)c1cccc(NC(=O)CN(Cc2ccccc2F)C(C)=O)c1. The Kier molecular flexibility index (Phi) is 6.43. The minimum absolute atomic E-state index is 0.0162. The molecule has 26 heavy (non-hydrogen) atoms. The molecule has 0 radical (unpaired) electrons. The second kappa shape index (κ2) is 8.75. The first-order valence-corrected chi connectivity index (χ1v) is 7.88. The summed E-state index contributed by atoms with van der Waals surface area (Å²) in [5, 5.41) is 2.61. The summed E-state index contributed by atoms with van der Waals surface area (Å²) in [4.78, 5) is 36.8. The molecule has 0 saturated heterocycles. The predicted molar refractivity (Wildman–Crippen MR) is 93.9 cm³/mol. The molecule has 0 aliphatic carbocycles. The molecule has 0 aliphatic heterocycles. The van der Waals surface area contributed by atoms with E-state index in [0.717, 1.165) is 0 Å². The number of ether oxygens (including phenoxy) is 1. The van der Waals surface area contributed by atoms with Gasteiger partial charge in [0.15, 0.2) is 0 Å². The van der Waals surface area contributed by atoms with Gasteiger partial charge in [-0.15, -0.1) is 0 Å². The highest BCUT2D eigenvalue weighted by molar-refractivity contribution is 5.96. The molecule has 2 aromatic rings. The molecule has 1 N–H and O–H groups in total. The first kappa shape index (κ1) is 19.1. The van der Waals surface area contributed by atoms with E-state index in [4.69, 9.17) is 0 Å². The van der Waals surface area contributed by atoms with E-state index >= 15 is 0 Å². The quantitative estimate of drug-likeness (QED) is 0.806. The number of nitrogens with one attached hydrogen (secondary N) is 1. The van der Waals surface area contributed by atoms with E-state index in [1.165, 1.54) is 31.1 Å². The van der Waals surface area contributed by atoms with Crippen molar-refractivity contribution in [1.29, 1.82) is 0 Å². The van der Waals surface area contributed by atoms with E-state index in [0.29, 0.717) is 16.8 Å². The van der Waals surface area contributed by atoms with Crippen LogP contribution >= 0.6 is 0 Å². The van der Waals surface area contributed by atoms with Gasteiger partial charge in [-0.25, -0.2) is 9.18 Å². The number of carbonyl (C=O) groups is 3. The second-order valence-corrected chi connectivity index (χ2v) is 5.59. The van der Waals surface area contributed by atoms with Gasteiger partial charge in [-0.2, -0.15) is 0 Å². The third kappa shape index (κ3) is 5.14. The Balaban J connectivity index is 2.05. The highest BCUT2D eigenvalue weighted by Gasteiger charge is 2.16. The molecule has 136 valence electrons. The van der Waals surface area contributed by atoms with Gasteiger partial charge >= 0.3 is 5.97 Å². The lowest BCUT2D eigenvalue weighted by molar-refractivity contribution is -0.133. The van der Waals surface area contributed by atoms with Crippen LogP contribution in [-0.4, -0.2) is 36.3 Å². The average Bonchev–Trinajstić information content (AvgIpc) is 2.62. The molecule has 0 spiro atoms. The van der Waals surface area contributed by atoms with Crippen LogP contribution in [0.5, 0.6) is 0 Å². The van der Waals surface area contributed by atoms with Gasteiger partial charge in [-0.1, -0.05) is 24.3 Å². The highest BCUT2D eigenvalue weighted by Crippen LogP contribution is 2.13. The summed E-state index contributed by atoms with van der Waals surface area (Å²) >= 11 is 0. The molecule has 0 aromatic heterocycles. The fourth-order valence-electron chi connectivity index (χ4n) is 2.33. The summed E-state index contributed by atoms with van der Waals surface area (Å²) < 4.78 is 18.4. The lowest BCUT2D eigenvalue weighted by atomic mass is 10.2. The van der Waals surface area contributed by atoms with E-state index in [1.807, 2.05) is 0 Å². The fraction of sp³-hybridized carbons (Fsp3) is 0.211.